The van der Waals surface area contributed by atoms with Crippen LogP contribution in [-0.4, -0.2) is 42.0 Å². The number of likely N-dealkylation sites (tertiary alicyclic amines) is 1. The van der Waals surface area contributed by atoms with Gasteiger partial charge in [0.25, 0.3) is 0 Å². The minimum Gasteiger partial charge on any atom is -0.340 e. The Balaban J connectivity index is 1.23. The quantitative estimate of drug-likeness (QED) is 0.329. The molecule has 1 aliphatic rings. The van der Waals surface area contributed by atoms with Crippen molar-refractivity contribution < 1.29 is 13.2 Å². The van der Waals surface area contributed by atoms with Crippen molar-refractivity contribution >= 4 is 21.6 Å². The van der Waals surface area contributed by atoms with Crippen LogP contribution in [0.1, 0.15) is 36.7 Å². The van der Waals surface area contributed by atoms with Gasteiger partial charge in [-0.2, -0.15) is 0 Å². The van der Waals surface area contributed by atoms with Crippen molar-refractivity contribution in [2.75, 3.05) is 17.5 Å². The van der Waals surface area contributed by atoms with Crippen molar-refractivity contribution in [3.8, 4) is 22.4 Å². The highest BCUT2D eigenvalue weighted by atomic mass is 32.2. The van der Waals surface area contributed by atoms with Crippen LogP contribution in [0.4, 0.5) is 5.69 Å². The van der Waals surface area contributed by atoms with Crippen molar-refractivity contribution in [1.29, 1.82) is 0 Å². The maximum absolute atomic E-state index is 13.2. The zero-order valence-corrected chi connectivity index (χ0v) is 21.5. The molecule has 3 aromatic carbocycles. The van der Waals surface area contributed by atoms with Gasteiger partial charge in [0.2, 0.25) is 15.9 Å². The number of carbonyl (C=O) groups is 1. The molecule has 1 saturated heterocycles. The Bertz CT molecular complexity index is 1480. The summed E-state index contributed by atoms with van der Waals surface area (Å²) in [6.45, 7) is 0.722. The van der Waals surface area contributed by atoms with Gasteiger partial charge in [0.1, 0.15) is 5.82 Å². The molecule has 2 N–H and O–H groups in total. The molecule has 5 rings (SSSR count). The number of aromatic amines is 1. The number of rotatable bonds is 8. The molecule has 190 valence electrons. The second-order valence-corrected chi connectivity index (χ2v) is 11.2. The van der Waals surface area contributed by atoms with Crippen molar-refractivity contribution in [2.45, 2.75) is 31.7 Å². The van der Waals surface area contributed by atoms with E-state index in [9.17, 15) is 13.2 Å². The predicted molar refractivity (Wildman–Crippen MR) is 146 cm³/mol. The summed E-state index contributed by atoms with van der Waals surface area (Å²) in [5.74, 6) is 0.890. The normalized spacial score (nSPS) is 15.6. The Morgan fingerprint density at radius 2 is 1.73 bits per heavy atom. The molecule has 1 fully saturated rings. The van der Waals surface area contributed by atoms with E-state index in [1.807, 2.05) is 29.2 Å². The molecule has 1 atom stereocenters. The first kappa shape index (κ1) is 24.8. The van der Waals surface area contributed by atoms with Gasteiger partial charge in [0, 0.05) is 24.2 Å². The van der Waals surface area contributed by atoms with Gasteiger partial charge in [0.15, 0.2) is 0 Å². The third-order valence-corrected chi connectivity index (χ3v) is 7.26. The van der Waals surface area contributed by atoms with Crippen LogP contribution >= 0.6 is 0 Å². The molecule has 0 spiro atoms. The third-order valence-electron chi connectivity index (χ3n) is 6.65. The Morgan fingerprint density at radius 1 is 1.00 bits per heavy atom. The SMILES string of the molecule is CS(=O)(=O)Nc1cccc(-c2cnc([C@@H]3CCCN3C(=O)CCc3ccc(-c4ccccc4)cc3)[nH]2)c1. The Morgan fingerprint density at radius 3 is 2.49 bits per heavy atom. The van der Waals surface area contributed by atoms with Gasteiger partial charge < -0.3 is 9.88 Å². The largest absolute Gasteiger partial charge is 0.340 e. The first-order valence-corrected chi connectivity index (χ1v) is 14.3. The number of anilines is 1. The number of benzene rings is 3. The van der Waals surface area contributed by atoms with E-state index in [1.54, 1.807) is 24.4 Å². The van der Waals surface area contributed by atoms with E-state index in [4.69, 9.17) is 0 Å². The van der Waals surface area contributed by atoms with Crippen LogP contribution in [-0.2, 0) is 21.2 Å². The number of aromatic nitrogens is 2. The van der Waals surface area contributed by atoms with E-state index in [0.717, 1.165) is 48.3 Å². The first-order chi connectivity index (χ1) is 17.9. The lowest BCUT2D eigenvalue weighted by molar-refractivity contribution is -0.132. The molecule has 7 nitrogen and oxygen atoms in total. The number of aryl methyl sites for hydroxylation is 1. The lowest BCUT2D eigenvalue weighted by Crippen LogP contribution is -2.31. The van der Waals surface area contributed by atoms with Crippen LogP contribution in [0.15, 0.2) is 85.1 Å². The van der Waals surface area contributed by atoms with E-state index in [1.165, 1.54) is 11.1 Å². The third kappa shape index (κ3) is 6.09. The van der Waals surface area contributed by atoms with Crippen LogP contribution in [0.2, 0.25) is 0 Å². The standard InChI is InChI=1S/C29H30N4O3S/c1-37(35,36)32-25-10-5-9-24(19-25)26-20-30-29(31-26)27-11-6-18-33(27)28(34)17-14-21-12-15-23(16-13-21)22-7-3-2-4-8-22/h2-5,7-10,12-13,15-16,19-20,27,32H,6,11,14,17-18H2,1H3,(H,30,31)/t27-/m0/s1. The average Bonchev–Trinajstić information content (AvgIpc) is 3.57. The molecular weight excluding hydrogens is 484 g/mol. The molecule has 0 radical (unpaired) electrons. The number of amides is 1. The molecule has 0 unspecified atom stereocenters. The van der Waals surface area contributed by atoms with Gasteiger partial charge in [-0.1, -0.05) is 66.7 Å². The monoisotopic (exact) mass is 514 g/mol. The maximum Gasteiger partial charge on any atom is 0.229 e. The van der Waals surface area contributed by atoms with Crippen LogP contribution < -0.4 is 4.72 Å². The number of sulfonamides is 1. The molecule has 1 aromatic heterocycles. The molecule has 37 heavy (non-hydrogen) atoms. The molecule has 1 aliphatic heterocycles. The van der Waals surface area contributed by atoms with Crippen molar-refractivity contribution in [3.05, 3.63) is 96.4 Å². The van der Waals surface area contributed by atoms with Crippen LogP contribution in [0.25, 0.3) is 22.4 Å². The fourth-order valence-electron chi connectivity index (χ4n) is 4.86. The highest BCUT2D eigenvalue weighted by molar-refractivity contribution is 7.92. The van der Waals surface area contributed by atoms with E-state index in [2.05, 4.69) is 51.1 Å². The van der Waals surface area contributed by atoms with Gasteiger partial charge in [-0.15, -0.1) is 0 Å². The number of hydrogen-bond donors (Lipinski definition) is 2. The molecule has 0 aliphatic carbocycles. The van der Waals surface area contributed by atoms with Gasteiger partial charge in [-0.25, -0.2) is 13.4 Å². The highest BCUT2D eigenvalue weighted by Crippen LogP contribution is 2.32. The maximum atomic E-state index is 13.2. The molecule has 8 heteroatoms. The topological polar surface area (TPSA) is 95.2 Å². The van der Waals surface area contributed by atoms with Crippen LogP contribution in [0.3, 0.4) is 0 Å². The number of nitrogens with one attached hydrogen (secondary N) is 2. The Kier molecular flexibility index (Phi) is 7.10. The predicted octanol–water partition coefficient (Wildman–Crippen LogP) is 5.41. The van der Waals surface area contributed by atoms with Crippen molar-refractivity contribution in [1.82, 2.24) is 14.9 Å². The van der Waals surface area contributed by atoms with Crippen LogP contribution in [0, 0.1) is 0 Å². The second-order valence-electron chi connectivity index (χ2n) is 9.45. The van der Waals surface area contributed by atoms with E-state index in [-0.39, 0.29) is 11.9 Å². The fourth-order valence-corrected chi connectivity index (χ4v) is 5.41. The molecule has 1 amide bonds. The van der Waals surface area contributed by atoms with Crippen molar-refractivity contribution in [2.24, 2.45) is 0 Å². The Hall–Kier alpha value is -3.91. The smallest absolute Gasteiger partial charge is 0.229 e. The van der Waals surface area contributed by atoms with Gasteiger partial charge >= 0.3 is 0 Å². The first-order valence-electron chi connectivity index (χ1n) is 12.4. The van der Waals surface area contributed by atoms with E-state index < -0.39 is 10.0 Å². The summed E-state index contributed by atoms with van der Waals surface area (Å²) in [6, 6.07) is 25.7. The number of hydrogen-bond acceptors (Lipinski definition) is 4. The zero-order valence-electron chi connectivity index (χ0n) is 20.7. The van der Waals surface area contributed by atoms with E-state index in [0.29, 0.717) is 18.5 Å². The summed E-state index contributed by atoms with van der Waals surface area (Å²) >= 11 is 0. The zero-order chi connectivity index (χ0) is 25.8. The highest BCUT2D eigenvalue weighted by Gasteiger charge is 2.31. The summed E-state index contributed by atoms with van der Waals surface area (Å²) in [5.41, 5.74) is 5.59. The molecule has 2 heterocycles. The van der Waals surface area contributed by atoms with Crippen LogP contribution in [0.5, 0.6) is 0 Å². The number of nitrogens with zero attached hydrogens (tertiary/aromatic N) is 2. The van der Waals surface area contributed by atoms with Crippen molar-refractivity contribution in [3.63, 3.8) is 0 Å². The molecular formula is C29H30N4O3S. The minimum atomic E-state index is -3.36. The number of carbonyl (C=O) groups excluding carboxylic acids is 1. The number of imidazole rings is 1. The van der Waals surface area contributed by atoms with E-state index >= 15 is 0 Å². The van der Waals surface area contributed by atoms with Gasteiger partial charge in [-0.3, -0.25) is 9.52 Å². The molecule has 4 aromatic rings. The molecule has 0 bridgehead atoms. The van der Waals surface area contributed by atoms with Gasteiger partial charge in [0.05, 0.1) is 24.2 Å². The lowest BCUT2D eigenvalue weighted by atomic mass is 10.0. The summed E-state index contributed by atoms with van der Waals surface area (Å²) in [4.78, 5) is 23.0. The summed E-state index contributed by atoms with van der Waals surface area (Å²) < 4.78 is 25.6. The Labute approximate surface area is 217 Å². The lowest BCUT2D eigenvalue weighted by Gasteiger charge is -2.23. The molecule has 0 saturated carbocycles. The summed E-state index contributed by atoms with van der Waals surface area (Å²) in [5, 5.41) is 0. The summed E-state index contributed by atoms with van der Waals surface area (Å²) in [7, 11) is -3.36. The average molecular weight is 515 g/mol. The summed E-state index contributed by atoms with van der Waals surface area (Å²) in [6.07, 6.45) is 5.81. The number of H-pyrrole nitrogens is 1. The second kappa shape index (κ2) is 10.6. The van der Waals surface area contributed by atoms with Gasteiger partial charge in [-0.05, 0) is 48.1 Å². The fraction of sp³-hybridized carbons (Fsp3) is 0.241. The minimum absolute atomic E-state index is 0.0842.